The molecule has 2 atom stereocenters. The summed E-state index contributed by atoms with van der Waals surface area (Å²) in [5, 5.41) is 4.16. The van der Waals surface area contributed by atoms with Crippen LogP contribution in [0.3, 0.4) is 0 Å². The number of fused-ring (bicyclic) bond motifs is 6. The maximum Gasteiger partial charge on any atom is 0.270 e. The van der Waals surface area contributed by atoms with Crippen LogP contribution in [0.4, 0.5) is 0 Å². The molecule has 3 aromatic rings. The van der Waals surface area contributed by atoms with Gasteiger partial charge in [0.25, 0.3) is 5.56 Å². The van der Waals surface area contributed by atoms with Gasteiger partial charge in [-0.15, -0.1) is 0 Å². The normalized spacial score (nSPS) is 24.2. The molecule has 0 saturated heterocycles. The van der Waals surface area contributed by atoms with Crippen LogP contribution in [0.2, 0.25) is 0 Å². The molecule has 0 radical (unpaired) electrons. The number of hydrogen-bond acceptors (Lipinski definition) is 5. The van der Waals surface area contributed by atoms with Crippen LogP contribution in [0.25, 0.3) is 6.08 Å². The number of benzene rings is 1. The van der Waals surface area contributed by atoms with Gasteiger partial charge in [0.2, 0.25) is 5.72 Å². The van der Waals surface area contributed by atoms with Gasteiger partial charge in [0.15, 0.2) is 4.80 Å². The maximum atomic E-state index is 13.1. The topological polar surface area (TPSA) is 61.4 Å². The van der Waals surface area contributed by atoms with Crippen LogP contribution < -0.4 is 19.6 Å². The first kappa shape index (κ1) is 14.7. The standard InChI is InChI=1S/C18H16N4O2S/c1-18-10-13(12-5-3-4-6-14(12)24-18)22-16(23)15(25-17(22)20-18)9-11-7-8-19-21(11)2/h3-9,13H,10H2,1-2H3/b15-9-/t13-,18+/m1/s1. The summed E-state index contributed by atoms with van der Waals surface area (Å²) in [4.78, 5) is 18.5. The van der Waals surface area contributed by atoms with Crippen LogP contribution >= 0.6 is 11.3 Å². The summed E-state index contributed by atoms with van der Waals surface area (Å²) in [6.07, 6.45) is 4.26. The van der Waals surface area contributed by atoms with Gasteiger partial charge in [0.1, 0.15) is 5.75 Å². The summed E-state index contributed by atoms with van der Waals surface area (Å²) in [5.74, 6) is 0.811. The van der Waals surface area contributed by atoms with E-state index in [0.29, 0.717) is 15.8 Å². The molecule has 5 rings (SSSR count). The molecule has 0 unspecified atom stereocenters. The fraction of sp³-hybridized carbons (Fsp3) is 0.278. The third-order valence-electron chi connectivity index (χ3n) is 4.80. The Labute approximate surface area is 147 Å². The van der Waals surface area contributed by atoms with Gasteiger partial charge >= 0.3 is 0 Å². The van der Waals surface area contributed by atoms with E-state index in [9.17, 15) is 4.79 Å². The van der Waals surface area contributed by atoms with Crippen molar-refractivity contribution in [3.05, 3.63) is 67.5 Å². The number of ether oxygens (including phenoxy) is 1. The van der Waals surface area contributed by atoms with Crippen LogP contribution in [-0.4, -0.2) is 20.1 Å². The zero-order valence-corrected chi connectivity index (χ0v) is 14.7. The number of aryl methyl sites for hydroxylation is 1. The third-order valence-corrected chi connectivity index (χ3v) is 5.78. The number of nitrogens with zero attached hydrogens (tertiary/aromatic N) is 4. The van der Waals surface area contributed by atoms with Crippen molar-refractivity contribution in [2.75, 3.05) is 0 Å². The lowest BCUT2D eigenvalue weighted by molar-refractivity contribution is 0.0410. The summed E-state index contributed by atoms with van der Waals surface area (Å²) in [5.41, 5.74) is 1.30. The largest absolute Gasteiger partial charge is 0.466 e. The fourth-order valence-electron chi connectivity index (χ4n) is 3.60. The molecule has 2 aromatic heterocycles. The second-order valence-electron chi connectivity index (χ2n) is 6.59. The molecule has 0 fully saturated rings. The smallest absolute Gasteiger partial charge is 0.270 e. The fourth-order valence-corrected chi connectivity index (χ4v) is 4.71. The minimum atomic E-state index is -0.625. The van der Waals surface area contributed by atoms with E-state index in [4.69, 9.17) is 9.73 Å². The van der Waals surface area contributed by atoms with Crippen molar-refractivity contribution in [3.8, 4) is 5.75 Å². The first-order valence-electron chi connectivity index (χ1n) is 8.13. The second-order valence-corrected chi connectivity index (χ2v) is 7.60. The third kappa shape index (κ3) is 2.12. The van der Waals surface area contributed by atoms with Crippen molar-refractivity contribution in [1.29, 1.82) is 0 Å². The van der Waals surface area contributed by atoms with Gasteiger partial charge in [-0.1, -0.05) is 29.5 Å². The minimum Gasteiger partial charge on any atom is -0.466 e. The molecule has 2 bridgehead atoms. The van der Waals surface area contributed by atoms with Crippen LogP contribution in [0.5, 0.6) is 5.75 Å². The van der Waals surface area contributed by atoms with Crippen molar-refractivity contribution in [2.24, 2.45) is 12.0 Å². The Bertz CT molecular complexity index is 1170. The van der Waals surface area contributed by atoms with E-state index in [0.717, 1.165) is 17.0 Å². The molecule has 0 N–H and O–H groups in total. The highest BCUT2D eigenvalue weighted by Gasteiger charge is 2.42. The summed E-state index contributed by atoms with van der Waals surface area (Å²) >= 11 is 1.41. The van der Waals surface area contributed by atoms with E-state index < -0.39 is 5.72 Å². The number of rotatable bonds is 1. The van der Waals surface area contributed by atoms with Crippen LogP contribution in [-0.2, 0) is 7.05 Å². The van der Waals surface area contributed by atoms with E-state index in [1.807, 2.05) is 54.9 Å². The van der Waals surface area contributed by atoms with E-state index in [1.54, 1.807) is 10.9 Å². The monoisotopic (exact) mass is 352 g/mol. The summed E-state index contributed by atoms with van der Waals surface area (Å²) in [6.45, 7) is 1.98. The maximum absolute atomic E-state index is 13.1. The van der Waals surface area contributed by atoms with Crippen LogP contribution in [0, 0.1) is 0 Å². The lowest BCUT2D eigenvalue weighted by Gasteiger charge is -2.39. The summed E-state index contributed by atoms with van der Waals surface area (Å²) in [7, 11) is 1.86. The molecule has 2 aliphatic rings. The Morgan fingerprint density at radius 3 is 3.00 bits per heavy atom. The highest BCUT2D eigenvalue weighted by molar-refractivity contribution is 7.07. The van der Waals surface area contributed by atoms with Gasteiger partial charge in [0.05, 0.1) is 16.3 Å². The van der Waals surface area contributed by atoms with Crippen molar-refractivity contribution < 1.29 is 4.74 Å². The Hall–Kier alpha value is -2.67. The van der Waals surface area contributed by atoms with Gasteiger partial charge in [-0.25, -0.2) is 4.99 Å². The molecule has 1 aromatic carbocycles. The van der Waals surface area contributed by atoms with Gasteiger partial charge in [-0.05, 0) is 25.1 Å². The average molecular weight is 352 g/mol. The lowest BCUT2D eigenvalue weighted by Crippen LogP contribution is -2.49. The molecule has 25 heavy (non-hydrogen) atoms. The van der Waals surface area contributed by atoms with Crippen molar-refractivity contribution in [2.45, 2.75) is 25.1 Å². The molecule has 0 amide bonds. The van der Waals surface area contributed by atoms with E-state index >= 15 is 0 Å². The molecule has 4 heterocycles. The molecule has 2 aliphatic heterocycles. The summed E-state index contributed by atoms with van der Waals surface area (Å²) < 4.78 is 10.3. The highest BCUT2D eigenvalue weighted by Crippen LogP contribution is 2.42. The highest BCUT2D eigenvalue weighted by atomic mass is 32.1. The quantitative estimate of drug-likeness (QED) is 0.661. The van der Waals surface area contributed by atoms with E-state index in [1.165, 1.54) is 11.3 Å². The molecule has 6 nitrogen and oxygen atoms in total. The number of thiazole rings is 1. The van der Waals surface area contributed by atoms with E-state index in [2.05, 4.69) is 5.10 Å². The first-order valence-corrected chi connectivity index (χ1v) is 8.95. The van der Waals surface area contributed by atoms with Crippen molar-refractivity contribution in [3.63, 3.8) is 0 Å². The minimum absolute atomic E-state index is 0.00583. The average Bonchev–Trinajstić information content (AvgIpc) is 3.11. The second kappa shape index (κ2) is 4.92. The SMILES string of the molecule is Cn1nccc1/C=c1\sc2n(c1=O)[C@@H]1C[C@@](C)(N=2)Oc2ccccc21. The zero-order valence-electron chi connectivity index (χ0n) is 13.8. The van der Waals surface area contributed by atoms with E-state index in [-0.39, 0.29) is 11.6 Å². The van der Waals surface area contributed by atoms with Gasteiger partial charge < -0.3 is 4.74 Å². The first-order chi connectivity index (χ1) is 12.0. The predicted octanol–water partition coefficient (Wildman–Crippen LogP) is 1.19. The molecule has 0 saturated carbocycles. The molecule has 0 aliphatic carbocycles. The Morgan fingerprint density at radius 2 is 2.20 bits per heavy atom. The molecule has 0 spiro atoms. The molecular formula is C18H16N4O2S. The van der Waals surface area contributed by atoms with Gasteiger partial charge in [-0.3, -0.25) is 14.0 Å². The van der Waals surface area contributed by atoms with Crippen molar-refractivity contribution in [1.82, 2.24) is 14.3 Å². The lowest BCUT2D eigenvalue weighted by atomic mass is 9.93. The number of hydrogen-bond donors (Lipinski definition) is 0. The van der Waals surface area contributed by atoms with Gasteiger partial charge in [0, 0.05) is 25.2 Å². The Kier molecular flexibility index (Phi) is 2.88. The van der Waals surface area contributed by atoms with Gasteiger partial charge in [-0.2, -0.15) is 5.10 Å². The predicted molar refractivity (Wildman–Crippen MR) is 94.4 cm³/mol. The molecular weight excluding hydrogens is 336 g/mol. The number of para-hydroxylation sites is 1. The Balaban J connectivity index is 1.79. The molecule has 126 valence electrons. The number of aromatic nitrogens is 3. The van der Waals surface area contributed by atoms with Crippen LogP contribution in [0.15, 0.2) is 46.3 Å². The summed E-state index contributed by atoms with van der Waals surface area (Å²) in [6, 6.07) is 9.75. The molecule has 7 heteroatoms. The Morgan fingerprint density at radius 1 is 1.36 bits per heavy atom. The zero-order chi connectivity index (χ0) is 17.2. The van der Waals surface area contributed by atoms with Crippen molar-refractivity contribution >= 4 is 17.4 Å². The van der Waals surface area contributed by atoms with Crippen LogP contribution in [0.1, 0.15) is 30.6 Å².